The number of carbonyl (C=O) groups excluding carboxylic acids is 2. The molecular formula is C16H28N2O2S. The molecule has 0 saturated carbocycles. The molecule has 0 bridgehead atoms. The van der Waals surface area contributed by atoms with Gasteiger partial charge in [-0.15, -0.1) is 0 Å². The van der Waals surface area contributed by atoms with Gasteiger partial charge in [0.25, 0.3) is 0 Å². The average Bonchev–Trinajstić information content (AvgIpc) is 2.82. The summed E-state index contributed by atoms with van der Waals surface area (Å²) in [5.74, 6) is 1.37. The zero-order chi connectivity index (χ0) is 15.8. The van der Waals surface area contributed by atoms with Gasteiger partial charge in [0.15, 0.2) is 0 Å². The normalized spacial score (nSPS) is 37.2. The topological polar surface area (TPSA) is 49.4 Å². The van der Waals surface area contributed by atoms with E-state index in [4.69, 9.17) is 0 Å². The number of rotatable bonds is 4. The Balaban J connectivity index is 2.30. The lowest BCUT2D eigenvalue weighted by Gasteiger charge is -2.47. The van der Waals surface area contributed by atoms with Gasteiger partial charge in [-0.25, -0.2) is 0 Å². The van der Waals surface area contributed by atoms with E-state index in [0.717, 1.165) is 12.2 Å². The van der Waals surface area contributed by atoms with Crippen molar-refractivity contribution in [3.05, 3.63) is 0 Å². The van der Waals surface area contributed by atoms with Crippen LogP contribution in [0.3, 0.4) is 0 Å². The fourth-order valence-corrected chi connectivity index (χ4v) is 4.68. The fourth-order valence-electron chi connectivity index (χ4n) is 3.38. The molecule has 0 aromatic rings. The van der Waals surface area contributed by atoms with Gasteiger partial charge in [-0.05, 0) is 44.8 Å². The SMILES string of the molecule is CCC1(C)NC(=O)C(C(C)C)N(CC2(C)CCCS2)C1=O. The molecule has 0 aromatic heterocycles. The van der Waals surface area contributed by atoms with Crippen molar-refractivity contribution in [1.29, 1.82) is 0 Å². The molecular weight excluding hydrogens is 284 g/mol. The Morgan fingerprint density at radius 2 is 2.05 bits per heavy atom. The van der Waals surface area contributed by atoms with Crippen LogP contribution in [0.1, 0.15) is 53.9 Å². The van der Waals surface area contributed by atoms with Crippen LogP contribution in [0.4, 0.5) is 0 Å². The van der Waals surface area contributed by atoms with Crippen LogP contribution >= 0.6 is 11.8 Å². The largest absolute Gasteiger partial charge is 0.340 e. The highest BCUT2D eigenvalue weighted by atomic mass is 32.2. The molecule has 2 saturated heterocycles. The molecule has 3 unspecified atom stereocenters. The number of nitrogens with one attached hydrogen (secondary N) is 1. The third-order valence-electron chi connectivity index (χ3n) is 4.88. The van der Waals surface area contributed by atoms with Crippen LogP contribution in [0.15, 0.2) is 0 Å². The lowest BCUT2D eigenvalue weighted by molar-refractivity contribution is -0.156. The van der Waals surface area contributed by atoms with Gasteiger partial charge in [-0.3, -0.25) is 9.59 Å². The van der Waals surface area contributed by atoms with Gasteiger partial charge < -0.3 is 10.2 Å². The van der Waals surface area contributed by atoms with E-state index in [1.54, 1.807) is 0 Å². The van der Waals surface area contributed by atoms with E-state index < -0.39 is 5.54 Å². The van der Waals surface area contributed by atoms with Gasteiger partial charge in [-0.2, -0.15) is 11.8 Å². The Morgan fingerprint density at radius 1 is 1.38 bits per heavy atom. The number of carbonyl (C=O) groups is 2. The summed E-state index contributed by atoms with van der Waals surface area (Å²) in [6, 6.07) is -0.338. The molecule has 2 heterocycles. The molecule has 2 aliphatic heterocycles. The maximum Gasteiger partial charge on any atom is 0.248 e. The first-order valence-corrected chi connectivity index (χ1v) is 8.98. The standard InChI is InChI=1S/C16H28N2O2S/c1-6-16(5)14(20)18(10-15(4)8-7-9-21-15)12(11(2)3)13(19)17-16/h11-12H,6-10H2,1-5H3,(H,17,19). The molecule has 5 heteroatoms. The average molecular weight is 312 g/mol. The van der Waals surface area contributed by atoms with E-state index in [1.807, 2.05) is 44.4 Å². The van der Waals surface area contributed by atoms with Crippen LogP contribution in [0.5, 0.6) is 0 Å². The van der Waals surface area contributed by atoms with Crippen molar-refractivity contribution < 1.29 is 9.59 Å². The third kappa shape index (κ3) is 3.08. The molecule has 0 radical (unpaired) electrons. The molecule has 4 nitrogen and oxygen atoms in total. The number of nitrogens with zero attached hydrogens (tertiary/aromatic N) is 1. The highest BCUT2D eigenvalue weighted by Crippen LogP contribution is 2.40. The van der Waals surface area contributed by atoms with E-state index >= 15 is 0 Å². The molecule has 2 fully saturated rings. The quantitative estimate of drug-likeness (QED) is 0.867. The summed E-state index contributed by atoms with van der Waals surface area (Å²) in [7, 11) is 0. The summed E-state index contributed by atoms with van der Waals surface area (Å²) in [5, 5.41) is 2.95. The summed E-state index contributed by atoms with van der Waals surface area (Å²) in [5.41, 5.74) is -0.748. The van der Waals surface area contributed by atoms with Crippen LogP contribution in [0.25, 0.3) is 0 Å². The summed E-state index contributed by atoms with van der Waals surface area (Å²) in [6.45, 7) is 10.7. The third-order valence-corrected chi connectivity index (χ3v) is 6.40. The summed E-state index contributed by atoms with van der Waals surface area (Å²) < 4.78 is 0.0923. The molecule has 0 spiro atoms. The second kappa shape index (κ2) is 5.82. The molecule has 21 heavy (non-hydrogen) atoms. The second-order valence-corrected chi connectivity index (χ2v) is 8.88. The van der Waals surface area contributed by atoms with Crippen LogP contribution in [-0.4, -0.2) is 45.3 Å². The lowest BCUT2D eigenvalue weighted by Crippen LogP contribution is -2.71. The highest BCUT2D eigenvalue weighted by Gasteiger charge is 2.49. The van der Waals surface area contributed by atoms with Crippen molar-refractivity contribution in [2.75, 3.05) is 12.3 Å². The molecule has 0 aromatic carbocycles. The number of thioether (sulfide) groups is 1. The van der Waals surface area contributed by atoms with Gasteiger partial charge in [0, 0.05) is 11.3 Å². The van der Waals surface area contributed by atoms with Gasteiger partial charge in [-0.1, -0.05) is 20.8 Å². The van der Waals surface area contributed by atoms with E-state index in [9.17, 15) is 9.59 Å². The van der Waals surface area contributed by atoms with E-state index in [-0.39, 0.29) is 28.5 Å². The van der Waals surface area contributed by atoms with E-state index in [2.05, 4.69) is 12.2 Å². The molecule has 3 atom stereocenters. The Labute approximate surface area is 132 Å². The minimum absolute atomic E-state index is 0.000506. The van der Waals surface area contributed by atoms with Crippen molar-refractivity contribution >= 4 is 23.6 Å². The Kier molecular flexibility index (Phi) is 4.62. The molecule has 2 aliphatic rings. The molecule has 2 rings (SSSR count). The lowest BCUT2D eigenvalue weighted by atomic mass is 9.87. The Morgan fingerprint density at radius 3 is 2.52 bits per heavy atom. The first kappa shape index (κ1) is 16.7. The predicted octanol–water partition coefficient (Wildman–Crippen LogP) is 2.42. The minimum Gasteiger partial charge on any atom is -0.340 e. The second-order valence-electron chi connectivity index (χ2n) is 7.20. The van der Waals surface area contributed by atoms with E-state index in [1.165, 1.54) is 6.42 Å². The van der Waals surface area contributed by atoms with Crippen LogP contribution in [0, 0.1) is 5.92 Å². The van der Waals surface area contributed by atoms with Crippen LogP contribution in [-0.2, 0) is 9.59 Å². The van der Waals surface area contributed by atoms with Crippen LogP contribution in [0.2, 0.25) is 0 Å². The molecule has 120 valence electrons. The maximum atomic E-state index is 13.0. The summed E-state index contributed by atoms with van der Waals surface area (Å²) in [6.07, 6.45) is 2.95. The summed E-state index contributed by atoms with van der Waals surface area (Å²) >= 11 is 1.94. The zero-order valence-electron chi connectivity index (χ0n) is 13.9. The van der Waals surface area contributed by atoms with Crippen molar-refractivity contribution in [1.82, 2.24) is 10.2 Å². The molecule has 0 aliphatic carbocycles. The fraction of sp³-hybridized carbons (Fsp3) is 0.875. The first-order valence-electron chi connectivity index (χ1n) is 7.99. The maximum absolute atomic E-state index is 13.0. The van der Waals surface area contributed by atoms with Gasteiger partial charge in [0.2, 0.25) is 11.8 Å². The van der Waals surface area contributed by atoms with Crippen molar-refractivity contribution in [3.63, 3.8) is 0 Å². The minimum atomic E-state index is -0.748. The smallest absolute Gasteiger partial charge is 0.248 e. The zero-order valence-corrected chi connectivity index (χ0v) is 14.7. The Bertz CT molecular complexity index is 432. The number of hydrogen-bond acceptors (Lipinski definition) is 3. The van der Waals surface area contributed by atoms with Crippen molar-refractivity contribution in [2.45, 2.75) is 70.2 Å². The predicted molar refractivity (Wildman–Crippen MR) is 87.3 cm³/mol. The highest BCUT2D eigenvalue weighted by molar-refractivity contribution is 8.00. The van der Waals surface area contributed by atoms with Gasteiger partial charge in [0.1, 0.15) is 11.6 Å². The molecule has 1 N–H and O–H groups in total. The van der Waals surface area contributed by atoms with E-state index in [0.29, 0.717) is 13.0 Å². The van der Waals surface area contributed by atoms with Crippen molar-refractivity contribution in [2.24, 2.45) is 5.92 Å². The number of amides is 2. The van der Waals surface area contributed by atoms with Gasteiger partial charge in [0.05, 0.1) is 0 Å². The number of piperazine rings is 1. The number of hydrogen-bond donors (Lipinski definition) is 1. The van der Waals surface area contributed by atoms with Crippen molar-refractivity contribution in [3.8, 4) is 0 Å². The monoisotopic (exact) mass is 312 g/mol. The Hall–Kier alpha value is -0.710. The molecule has 2 amide bonds. The van der Waals surface area contributed by atoms with Gasteiger partial charge >= 0.3 is 0 Å². The van der Waals surface area contributed by atoms with Crippen LogP contribution < -0.4 is 5.32 Å². The summed E-state index contributed by atoms with van der Waals surface area (Å²) in [4.78, 5) is 27.4. The first-order chi connectivity index (χ1) is 9.72.